The fourth-order valence-corrected chi connectivity index (χ4v) is 1.08. The maximum atomic E-state index is 11.3. The lowest BCUT2D eigenvalue weighted by molar-refractivity contribution is -0.123. The summed E-state index contributed by atoms with van der Waals surface area (Å²) in [4.78, 5) is 25.0. The van der Waals surface area contributed by atoms with Gasteiger partial charge in [0.1, 0.15) is 0 Å². The first-order valence-electron chi connectivity index (χ1n) is 5.23. The zero-order valence-electron chi connectivity index (χ0n) is 9.45. The normalized spacial score (nSPS) is 11.9. The Balaban J connectivity index is 2.43. The highest BCUT2D eigenvalue weighted by Gasteiger charge is 2.07. The predicted octanol–water partition coefficient (Wildman–Crippen LogP) is 0.668. The number of carbonyl (C=O) groups excluding carboxylic acids is 1. The summed E-state index contributed by atoms with van der Waals surface area (Å²) in [5.74, 6) is -0.0700. The van der Waals surface area contributed by atoms with Gasteiger partial charge in [-0.15, -0.1) is 0 Å². The second kappa shape index (κ2) is 5.95. The van der Waals surface area contributed by atoms with Gasteiger partial charge in [0.15, 0.2) is 12.4 Å². The van der Waals surface area contributed by atoms with Crippen LogP contribution in [0.25, 0.3) is 0 Å². The van der Waals surface area contributed by atoms with E-state index in [1.165, 1.54) is 12.3 Å². The summed E-state index contributed by atoms with van der Waals surface area (Å²) in [5, 5.41) is 2.74. The van der Waals surface area contributed by atoms with E-state index in [0.717, 1.165) is 6.42 Å². The minimum absolute atomic E-state index is 0.116. The Bertz CT molecular complexity index is 400. The third kappa shape index (κ3) is 3.76. The number of aromatic nitrogens is 1. The lowest BCUT2D eigenvalue weighted by atomic mass is 10.2. The Morgan fingerprint density at radius 1 is 1.62 bits per heavy atom. The topological polar surface area (TPSA) is 71.2 Å². The molecule has 0 fully saturated rings. The monoisotopic (exact) mass is 224 g/mol. The van der Waals surface area contributed by atoms with Gasteiger partial charge in [0.25, 0.3) is 11.5 Å². The number of ether oxygens (including phenoxy) is 1. The molecule has 0 radical (unpaired) electrons. The lowest BCUT2D eigenvalue weighted by Crippen LogP contribution is -2.36. The highest BCUT2D eigenvalue weighted by Crippen LogP contribution is 1.99. The number of rotatable bonds is 5. The third-order valence-electron chi connectivity index (χ3n) is 2.16. The van der Waals surface area contributed by atoms with E-state index in [1.807, 2.05) is 13.8 Å². The van der Waals surface area contributed by atoms with Crippen molar-refractivity contribution < 1.29 is 9.53 Å². The van der Waals surface area contributed by atoms with E-state index in [-0.39, 0.29) is 29.9 Å². The average Bonchev–Trinajstić information content (AvgIpc) is 2.28. The molecule has 1 heterocycles. The molecule has 1 unspecified atom stereocenters. The molecule has 0 aliphatic carbocycles. The Morgan fingerprint density at radius 3 is 3.00 bits per heavy atom. The van der Waals surface area contributed by atoms with Crippen molar-refractivity contribution in [1.82, 2.24) is 10.3 Å². The van der Waals surface area contributed by atoms with E-state index in [2.05, 4.69) is 10.3 Å². The largest absolute Gasteiger partial charge is 0.478 e. The summed E-state index contributed by atoms with van der Waals surface area (Å²) in [7, 11) is 0. The smallest absolute Gasteiger partial charge is 0.290 e. The van der Waals surface area contributed by atoms with Gasteiger partial charge in [-0.05, 0) is 25.5 Å². The number of hydrogen-bond acceptors (Lipinski definition) is 3. The number of pyridine rings is 1. The zero-order chi connectivity index (χ0) is 12.0. The van der Waals surface area contributed by atoms with Crippen LogP contribution < -0.4 is 15.6 Å². The molecule has 5 heteroatoms. The van der Waals surface area contributed by atoms with Gasteiger partial charge in [-0.2, -0.15) is 0 Å². The van der Waals surface area contributed by atoms with Crippen molar-refractivity contribution in [2.75, 3.05) is 6.61 Å². The lowest BCUT2D eigenvalue weighted by Gasteiger charge is -2.11. The number of amides is 1. The van der Waals surface area contributed by atoms with Crippen molar-refractivity contribution in [1.29, 1.82) is 0 Å². The van der Waals surface area contributed by atoms with Gasteiger partial charge in [-0.3, -0.25) is 9.59 Å². The number of nitrogens with one attached hydrogen (secondary N) is 2. The quantitative estimate of drug-likeness (QED) is 0.772. The van der Waals surface area contributed by atoms with Crippen LogP contribution in [0.3, 0.4) is 0 Å². The van der Waals surface area contributed by atoms with Gasteiger partial charge in [0, 0.05) is 12.2 Å². The third-order valence-corrected chi connectivity index (χ3v) is 2.16. The maximum absolute atomic E-state index is 11.3. The Kier molecular flexibility index (Phi) is 4.57. The van der Waals surface area contributed by atoms with Crippen molar-refractivity contribution in [3.63, 3.8) is 0 Å². The zero-order valence-corrected chi connectivity index (χ0v) is 9.45. The number of carbonyl (C=O) groups is 1. The minimum Gasteiger partial charge on any atom is -0.478 e. The van der Waals surface area contributed by atoms with Crippen LogP contribution in [0, 0.1) is 0 Å². The summed E-state index contributed by atoms with van der Waals surface area (Å²) in [6, 6.07) is 3.28. The molecule has 0 saturated carbocycles. The predicted molar refractivity (Wildman–Crippen MR) is 60.5 cm³/mol. The first-order valence-corrected chi connectivity index (χ1v) is 5.23. The van der Waals surface area contributed by atoms with Crippen molar-refractivity contribution in [2.45, 2.75) is 26.3 Å². The second-order valence-electron chi connectivity index (χ2n) is 3.53. The van der Waals surface area contributed by atoms with Crippen molar-refractivity contribution in [2.24, 2.45) is 0 Å². The molecular formula is C11H16N2O3. The molecule has 16 heavy (non-hydrogen) atoms. The van der Waals surface area contributed by atoms with Gasteiger partial charge >= 0.3 is 0 Å². The van der Waals surface area contributed by atoms with E-state index >= 15 is 0 Å². The molecule has 0 aromatic carbocycles. The molecule has 1 aromatic heterocycles. The van der Waals surface area contributed by atoms with Crippen LogP contribution in [0.1, 0.15) is 20.3 Å². The SMILES string of the molecule is CCC(C)NC(=O)COc1ccc[nH]c1=O. The highest BCUT2D eigenvalue weighted by atomic mass is 16.5. The summed E-state index contributed by atoms with van der Waals surface area (Å²) >= 11 is 0. The molecule has 0 aliphatic heterocycles. The van der Waals surface area contributed by atoms with Crippen LogP contribution >= 0.6 is 0 Å². The van der Waals surface area contributed by atoms with Crippen LogP contribution in [0.15, 0.2) is 23.1 Å². The number of H-pyrrole nitrogens is 1. The van der Waals surface area contributed by atoms with E-state index < -0.39 is 0 Å². The maximum Gasteiger partial charge on any atom is 0.290 e. The molecule has 5 nitrogen and oxygen atoms in total. The molecule has 0 spiro atoms. The molecule has 1 atom stereocenters. The van der Waals surface area contributed by atoms with Crippen molar-refractivity contribution >= 4 is 5.91 Å². The second-order valence-corrected chi connectivity index (χ2v) is 3.53. The Hall–Kier alpha value is -1.78. The number of hydrogen-bond donors (Lipinski definition) is 2. The fourth-order valence-electron chi connectivity index (χ4n) is 1.08. The van der Waals surface area contributed by atoms with Crippen LogP contribution in [0.4, 0.5) is 0 Å². The molecule has 88 valence electrons. The van der Waals surface area contributed by atoms with Crippen molar-refractivity contribution in [3.05, 3.63) is 28.7 Å². The molecule has 1 amide bonds. The Labute approximate surface area is 93.8 Å². The molecule has 2 N–H and O–H groups in total. The molecule has 0 saturated heterocycles. The van der Waals surface area contributed by atoms with Gasteiger partial charge < -0.3 is 15.0 Å². The summed E-state index contributed by atoms with van der Waals surface area (Å²) in [6.45, 7) is 3.75. The molecular weight excluding hydrogens is 208 g/mol. The van der Waals surface area contributed by atoms with Gasteiger partial charge in [0.05, 0.1) is 0 Å². The van der Waals surface area contributed by atoms with Crippen LogP contribution in [0.2, 0.25) is 0 Å². The highest BCUT2D eigenvalue weighted by molar-refractivity contribution is 5.77. The van der Waals surface area contributed by atoms with E-state index in [0.29, 0.717) is 0 Å². The van der Waals surface area contributed by atoms with E-state index in [4.69, 9.17) is 4.74 Å². The van der Waals surface area contributed by atoms with E-state index in [1.54, 1.807) is 6.07 Å². The standard InChI is InChI=1S/C11H16N2O3/c1-3-8(2)13-10(14)7-16-9-5-4-6-12-11(9)15/h4-6,8H,3,7H2,1-2H3,(H,12,15)(H,13,14). The van der Waals surface area contributed by atoms with Gasteiger partial charge in [-0.1, -0.05) is 6.92 Å². The van der Waals surface area contributed by atoms with Crippen LogP contribution in [0.5, 0.6) is 5.75 Å². The number of aromatic amines is 1. The fraction of sp³-hybridized carbons (Fsp3) is 0.455. The Morgan fingerprint density at radius 2 is 2.38 bits per heavy atom. The van der Waals surface area contributed by atoms with E-state index in [9.17, 15) is 9.59 Å². The molecule has 0 aliphatic rings. The van der Waals surface area contributed by atoms with Gasteiger partial charge in [0.2, 0.25) is 0 Å². The molecule has 0 bridgehead atoms. The molecule has 1 rings (SSSR count). The summed E-state index contributed by atoms with van der Waals surface area (Å²) in [6.07, 6.45) is 2.37. The minimum atomic E-state index is -0.334. The average molecular weight is 224 g/mol. The summed E-state index contributed by atoms with van der Waals surface area (Å²) in [5.41, 5.74) is -0.334. The first-order chi connectivity index (χ1) is 7.63. The van der Waals surface area contributed by atoms with Crippen LogP contribution in [-0.2, 0) is 4.79 Å². The molecule has 1 aromatic rings. The summed E-state index contributed by atoms with van der Waals surface area (Å²) < 4.78 is 5.09. The van der Waals surface area contributed by atoms with Crippen LogP contribution in [-0.4, -0.2) is 23.5 Å². The van der Waals surface area contributed by atoms with Gasteiger partial charge in [-0.25, -0.2) is 0 Å². The first kappa shape index (κ1) is 12.3. The van der Waals surface area contributed by atoms with Crippen molar-refractivity contribution in [3.8, 4) is 5.75 Å².